The maximum absolute atomic E-state index is 12.6. The van der Waals surface area contributed by atoms with E-state index in [1.54, 1.807) is 16.9 Å². The first-order valence-electron chi connectivity index (χ1n) is 7.41. The van der Waals surface area contributed by atoms with Gasteiger partial charge in [0.15, 0.2) is 5.69 Å². The standard InChI is InChI=1S/C16H20N4O/c1-2-13-7-4-9-19(13)16(21)15-8-10-20(18-15)14-6-3-5-12(17)11-14/h3,5-6,8,10-11,13H,2,4,7,9,17H2,1H3. The van der Waals surface area contributed by atoms with E-state index in [2.05, 4.69) is 12.0 Å². The number of likely N-dealkylation sites (tertiary alicyclic amines) is 1. The van der Waals surface area contributed by atoms with Crippen molar-refractivity contribution in [1.82, 2.24) is 14.7 Å². The van der Waals surface area contributed by atoms with Gasteiger partial charge in [-0.3, -0.25) is 4.79 Å². The molecule has 0 saturated carbocycles. The van der Waals surface area contributed by atoms with E-state index >= 15 is 0 Å². The molecule has 0 spiro atoms. The summed E-state index contributed by atoms with van der Waals surface area (Å²) in [5.41, 5.74) is 7.83. The van der Waals surface area contributed by atoms with Crippen molar-refractivity contribution in [2.75, 3.05) is 12.3 Å². The monoisotopic (exact) mass is 284 g/mol. The minimum absolute atomic E-state index is 0.0296. The molecule has 5 nitrogen and oxygen atoms in total. The van der Waals surface area contributed by atoms with Crippen molar-refractivity contribution in [3.05, 3.63) is 42.2 Å². The summed E-state index contributed by atoms with van der Waals surface area (Å²) in [6.07, 6.45) is 4.99. The highest BCUT2D eigenvalue weighted by Gasteiger charge is 2.29. The summed E-state index contributed by atoms with van der Waals surface area (Å²) in [5.74, 6) is 0.0296. The first-order chi connectivity index (χ1) is 10.2. The number of hydrogen-bond acceptors (Lipinski definition) is 3. The predicted octanol–water partition coefficient (Wildman–Crippen LogP) is 2.47. The van der Waals surface area contributed by atoms with E-state index in [-0.39, 0.29) is 5.91 Å². The Balaban J connectivity index is 1.83. The lowest BCUT2D eigenvalue weighted by Gasteiger charge is -2.22. The van der Waals surface area contributed by atoms with Crippen LogP contribution in [0.3, 0.4) is 0 Å². The summed E-state index contributed by atoms with van der Waals surface area (Å²) in [6, 6.07) is 9.59. The molecule has 1 amide bonds. The fraction of sp³-hybridized carbons (Fsp3) is 0.375. The molecule has 2 heterocycles. The average molecular weight is 284 g/mol. The van der Waals surface area contributed by atoms with Crippen LogP contribution < -0.4 is 5.73 Å². The molecule has 1 aromatic carbocycles. The first-order valence-corrected chi connectivity index (χ1v) is 7.41. The predicted molar refractivity (Wildman–Crippen MR) is 82.3 cm³/mol. The molecule has 1 aliphatic heterocycles. The number of nitrogens with zero attached hydrogens (tertiary/aromatic N) is 3. The number of anilines is 1. The maximum atomic E-state index is 12.6. The highest BCUT2D eigenvalue weighted by Crippen LogP contribution is 2.22. The summed E-state index contributed by atoms with van der Waals surface area (Å²) in [7, 11) is 0. The van der Waals surface area contributed by atoms with Gasteiger partial charge in [0.2, 0.25) is 0 Å². The van der Waals surface area contributed by atoms with Crippen LogP contribution in [0, 0.1) is 0 Å². The number of carbonyl (C=O) groups is 1. The van der Waals surface area contributed by atoms with Gasteiger partial charge in [-0.1, -0.05) is 13.0 Å². The minimum Gasteiger partial charge on any atom is -0.399 e. The zero-order valence-electron chi connectivity index (χ0n) is 12.2. The molecule has 1 aliphatic rings. The van der Waals surface area contributed by atoms with Gasteiger partial charge in [0.25, 0.3) is 5.91 Å². The van der Waals surface area contributed by atoms with Crippen LogP contribution in [0.15, 0.2) is 36.5 Å². The van der Waals surface area contributed by atoms with Gasteiger partial charge in [-0.05, 0) is 43.5 Å². The van der Waals surface area contributed by atoms with Crippen LogP contribution in [0.4, 0.5) is 5.69 Å². The molecule has 2 N–H and O–H groups in total. The molecule has 2 aromatic rings. The molecule has 1 unspecified atom stereocenters. The van der Waals surface area contributed by atoms with Gasteiger partial charge >= 0.3 is 0 Å². The van der Waals surface area contributed by atoms with Crippen LogP contribution in [-0.4, -0.2) is 33.2 Å². The summed E-state index contributed by atoms with van der Waals surface area (Å²) in [6.45, 7) is 2.96. The third-order valence-electron chi connectivity index (χ3n) is 4.05. The summed E-state index contributed by atoms with van der Waals surface area (Å²) in [4.78, 5) is 14.5. The first kappa shape index (κ1) is 13.7. The molecule has 3 rings (SSSR count). The van der Waals surface area contributed by atoms with Gasteiger partial charge < -0.3 is 10.6 Å². The highest BCUT2D eigenvalue weighted by molar-refractivity contribution is 5.92. The van der Waals surface area contributed by atoms with E-state index in [1.807, 2.05) is 29.2 Å². The summed E-state index contributed by atoms with van der Waals surface area (Å²) in [5, 5.41) is 4.40. The Bertz CT molecular complexity index is 649. The van der Waals surface area contributed by atoms with Crippen molar-refractivity contribution in [3.8, 4) is 5.69 Å². The number of hydrogen-bond donors (Lipinski definition) is 1. The van der Waals surface area contributed by atoms with Crippen LogP contribution in [0.5, 0.6) is 0 Å². The Morgan fingerprint density at radius 3 is 3.05 bits per heavy atom. The third-order valence-corrected chi connectivity index (χ3v) is 4.05. The fourth-order valence-electron chi connectivity index (χ4n) is 2.92. The molecule has 21 heavy (non-hydrogen) atoms. The third kappa shape index (κ3) is 2.63. The molecule has 5 heteroatoms. The Labute approximate surface area is 124 Å². The topological polar surface area (TPSA) is 64.2 Å². The van der Waals surface area contributed by atoms with Crippen LogP contribution in [0.1, 0.15) is 36.7 Å². The second kappa shape index (κ2) is 5.60. The zero-order valence-corrected chi connectivity index (χ0v) is 12.2. The van der Waals surface area contributed by atoms with Crippen molar-refractivity contribution >= 4 is 11.6 Å². The van der Waals surface area contributed by atoms with Gasteiger partial charge in [-0.2, -0.15) is 5.10 Å². The average Bonchev–Trinajstić information content (AvgIpc) is 3.15. The van der Waals surface area contributed by atoms with Crippen molar-refractivity contribution in [2.45, 2.75) is 32.2 Å². The molecular weight excluding hydrogens is 264 g/mol. The lowest BCUT2D eigenvalue weighted by atomic mass is 10.1. The maximum Gasteiger partial charge on any atom is 0.274 e. The Hall–Kier alpha value is -2.30. The molecule has 1 atom stereocenters. The summed E-state index contributed by atoms with van der Waals surface area (Å²) >= 11 is 0. The molecule has 1 saturated heterocycles. The van der Waals surface area contributed by atoms with E-state index < -0.39 is 0 Å². The Morgan fingerprint density at radius 1 is 1.43 bits per heavy atom. The second-order valence-electron chi connectivity index (χ2n) is 5.44. The SMILES string of the molecule is CCC1CCCN1C(=O)c1ccn(-c2cccc(N)c2)n1. The minimum atomic E-state index is 0.0296. The lowest BCUT2D eigenvalue weighted by molar-refractivity contribution is 0.0727. The van der Waals surface area contributed by atoms with Gasteiger partial charge in [-0.25, -0.2) is 4.68 Å². The van der Waals surface area contributed by atoms with Crippen LogP contribution in [-0.2, 0) is 0 Å². The van der Waals surface area contributed by atoms with Gasteiger partial charge in [0, 0.05) is 24.5 Å². The van der Waals surface area contributed by atoms with Gasteiger partial charge in [0.05, 0.1) is 5.69 Å². The van der Waals surface area contributed by atoms with Crippen molar-refractivity contribution in [1.29, 1.82) is 0 Å². The number of nitrogen functional groups attached to an aromatic ring is 1. The molecule has 0 aliphatic carbocycles. The smallest absolute Gasteiger partial charge is 0.274 e. The highest BCUT2D eigenvalue weighted by atomic mass is 16.2. The normalized spacial score (nSPS) is 18.1. The van der Waals surface area contributed by atoms with Crippen molar-refractivity contribution in [3.63, 3.8) is 0 Å². The van der Waals surface area contributed by atoms with E-state index in [9.17, 15) is 4.79 Å². The van der Waals surface area contributed by atoms with Crippen LogP contribution in [0.25, 0.3) is 5.69 Å². The molecular formula is C16H20N4O. The number of benzene rings is 1. The quantitative estimate of drug-likeness (QED) is 0.881. The zero-order chi connectivity index (χ0) is 14.8. The second-order valence-corrected chi connectivity index (χ2v) is 5.44. The van der Waals surface area contributed by atoms with Crippen LogP contribution >= 0.6 is 0 Å². The lowest BCUT2D eigenvalue weighted by Crippen LogP contribution is -2.35. The number of amides is 1. The number of carbonyl (C=O) groups excluding carboxylic acids is 1. The molecule has 0 radical (unpaired) electrons. The van der Waals surface area contributed by atoms with E-state index in [0.717, 1.165) is 31.5 Å². The number of nitrogens with two attached hydrogens (primary N) is 1. The Kier molecular flexibility index (Phi) is 3.64. The molecule has 1 aromatic heterocycles. The van der Waals surface area contributed by atoms with Crippen molar-refractivity contribution in [2.24, 2.45) is 0 Å². The van der Waals surface area contributed by atoms with Crippen molar-refractivity contribution < 1.29 is 4.79 Å². The molecule has 110 valence electrons. The van der Waals surface area contributed by atoms with Gasteiger partial charge in [-0.15, -0.1) is 0 Å². The number of aromatic nitrogens is 2. The summed E-state index contributed by atoms with van der Waals surface area (Å²) < 4.78 is 1.70. The Morgan fingerprint density at radius 2 is 2.29 bits per heavy atom. The van der Waals surface area contributed by atoms with Crippen LogP contribution in [0.2, 0.25) is 0 Å². The van der Waals surface area contributed by atoms with E-state index in [1.165, 1.54) is 0 Å². The fourth-order valence-corrected chi connectivity index (χ4v) is 2.92. The number of rotatable bonds is 3. The van der Waals surface area contributed by atoms with E-state index in [0.29, 0.717) is 17.4 Å². The van der Waals surface area contributed by atoms with E-state index in [4.69, 9.17) is 5.73 Å². The molecule has 1 fully saturated rings. The molecule has 0 bridgehead atoms. The largest absolute Gasteiger partial charge is 0.399 e. The van der Waals surface area contributed by atoms with Gasteiger partial charge in [0.1, 0.15) is 0 Å².